The smallest absolute Gasteiger partial charge is 0.119 e. The number of ether oxygens (including phenoxy) is 1. The second-order valence-electron chi connectivity index (χ2n) is 4.29. The Hall–Kier alpha value is -0.840. The molecule has 2 aromatic rings. The van der Waals surface area contributed by atoms with Crippen molar-refractivity contribution in [1.82, 2.24) is 5.32 Å². The lowest BCUT2D eigenvalue weighted by molar-refractivity contribution is 0.413. The highest BCUT2D eigenvalue weighted by Crippen LogP contribution is 2.29. The van der Waals surface area contributed by atoms with E-state index in [0.29, 0.717) is 6.04 Å². The molecule has 0 bridgehead atoms. The second kappa shape index (κ2) is 7.08. The summed E-state index contributed by atoms with van der Waals surface area (Å²) in [6, 6.07) is 10.8. The molecule has 0 amide bonds. The third-order valence-electron chi connectivity index (χ3n) is 3.01. The third-order valence-corrected chi connectivity index (χ3v) is 4.77. The fraction of sp³-hybridized carbons (Fsp3) is 0.333. The Labute approximate surface area is 126 Å². The molecular weight excluding hydrogens is 322 g/mol. The van der Waals surface area contributed by atoms with E-state index in [1.807, 2.05) is 12.1 Å². The second-order valence-corrected chi connectivity index (χ2v) is 6.12. The summed E-state index contributed by atoms with van der Waals surface area (Å²) in [7, 11) is 1.70. The SMILES string of the molecule is CCNC(Cc1cc(OC)ccc1Br)c1cccs1. The Morgan fingerprint density at radius 3 is 2.84 bits per heavy atom. The first kappa shape index (κ1) is 14.6. The van der Waals surface area contributed by atoms with E-state index in [9.17, 15) is 0 Å². The summed E-state index contributed by atoms with van der Waals surface area (Å²) in [4.78, 5) is 1.37. The van der Waals surface area contributed by atoms with Gasteiger partial charge in [-0.3, -0.25) is 0 Å². The van der Waals surface area contributed by atoms with E-state index in [1.54, 1.807) is 18.4 Å². The minimum Gasteiger partial charge on any atom is -0.497 e. The number of methoxy groups -OCH3 is 1. The maximum Gasteiger partial charge on any atom is 0.119 e. The van der Waals surface area contributed by atoms with Crippen LogP contribution in [-0.2, 0) is 6.42 Å². The maximum absolute atomic E-state index is 5.30. The lowest BCUT2D eigenvalue weighted by atomic mass is 10.0. The zero-order chi connectivity index (χ0) is 13.7. The van der Waals surface area contributed by atoms with Gasteiger partial charge in [0, 0.05) is 15.4 Å². The number of benzene rings is 1. The normalized spacial score (nSPS) is 12.4. The van der Waals surface area contributed by atoms with Crippen molar-refractivity contribution < 1.29 is 4.74 Å². The van der Waals surface area contributed by atoms with Crippen molar-refractivity contribution in [2.24, 2.45) is 0 Å². The molecule has 19 heavy (non-hydrogen) atoms. The van der Waals surface area contributed by atoms with Crippen LogP contribution in [0.4, 0.5) is 0 Å². The molecule has 1 N–H and O–H groups in total. The summed E-state index contributed by atoms with van der Waals surface area (Å²) in [5, 5.41) is 5.67. The van der Waals surface area contributed by atoms with Gasteiger partial charge in [0.1, 0.15) is 5.75 Å². The van der Waals surface area contributed by atoms with Crippen molar-refractivity contribution in [1.29, 1.82) is 0 Å². The van der Waals surface area contributed by atoms with E-state index >= 15 is 0 Å². The van der Waals surface area contributed by atoms with Crippen molar-refractivity contribution in [2.75, 3.05) is 13.7 Å². The Morgan fingerprint density at radius 1 is 1.37 bits per heavy atom. The summed E-state index contributed by atoms with van der Waals surface area (Å²) in [6.45, 7) is 3.10. The van der Waals surface area contributed by atoms with Crippen molar-refractivity contribution in [2.45, 2.75) is 19.4 Å². The highest BCUT2D eigenvalue weighted by Gasteiger charge is 2.14. The van der Waals surface area contributed by atoms with Gasteiger partial charge in [-0.25, -0.2) is 0 Å². The van der Waals surface area contributed by atoms with Crippen molar-refractivity contribution in [3.63, 3.8) is 0 Å². The number of hydrogen-bond acceptors (Lipinski definition) is 3. The van der Waals surface area contributed by atoms with E-state index in [4.69, 9.17) is 4.74 Å². The lowest BCUT2D eigenvalue weighted by Crippen LogP contribution is -2.22. The molecule has 1 aromatic carbocycles. The van der Waals surface area contributed by atoms with E-state index in [-0.39, 0.29) is 0 Å². The summed E-state index contributed by atoms with van der Waals surface area (Å²) in [5.41, 5.74) is 1.26. The minimum absolute atomic E-state index is 0.355. The average Bonchev–Trinajstić information content (AvgIpc) is 2.94. The molecule has 0 aliphatic carbocycles. The van der Waals surface area contributed by atoms with Crippen LogP contribution in [0.3, 0.4) is 0 Å². The van der Waals surface area contributed by atoms with Gasteiger partial charge in [-0.05, 0) is 48.2 Å². The molecule has 1 unspecified atom stereocenters. The van der Waals surface area contributed by atoms with Crippen LogP contribution in [0.2, 0.25) is 0 Å². The Kier molecular flexibility index (Phi) is 5.43. The van der Waals surface area contributed by atoms with Gasteiger partial charge in [0.25, 0.3) is 0 Å². The highest BCUT2D eigenvalue weighted by molar-refractivity contribution is 9.10. The predicted molar refractivity (Wildman–Crippen MR) is 85.1 cm³/mol. The van der Waals surface area contributed by atoms with Gasteiger partial charge >= 0.3 is 0 Å². The van der Waals surface area contributed by atoms with Crippen LogP contribution in [0.25, 0.3) is 0 Å². The van der Waals surface area contributed by atoms with Crippen LogP contribution in [0.15, 0.2) is 40.2 Å². The first-order valence-corrected chi connectivity index (χ1v) is 8.01. The molecule has 2 nitrogen and oxygen atoms in total. The number of nitrogens with one attached hydrogen (secondary N) is 1. The standard InChI is InChI=1S/C15H18BrNOS/c1-3-17-14(15-5-4-8-19-15)10-11-9-12(18-2)6-7-13(11)16/h4-9,14,17H,3,10H2,1-2H3. The molecule has 0 saturated heterocycles. The molecule has 0 aliphatic heterocycles. The zero-order valence-corrected chi connectivity index (χ0v) is 13.6. The van der Waals surface area contributed by atoms with Crippen molar-refractivity contribution >= 4 is 27.3 Å². The minimum atomic E-state index is 0.355. The van der Waals surface area contributed by atoms with Crippen LogP contribution in [0.5, 0.6) is 5.75 Å². The van der Waals surface area contributed by atoms with E-state index in [1.165, 1.54) is 10.4 Å². The zero-order valence-electron chi connectivity index (χ0n) is 11.2. The van der Waals surface area contributed by atoms with Gasteiger partial charge in [-0.2, -0.15) is 0 Å². The van der Waals surface area contributed by atoms with E-state index in [0.717, 1.165) is 23.2 Å². The molecule has 0 spiro atoms. The maximum atomic E-state index is 5.30. The molecule has 1 heterocycles. The van der Waals surface area contributed by atoms with Crippen LogP contribution in [0.1, 0.15) is 23.4 Å². The highest BCUT2D eigenvalue weighted by atomic mass is 79.9. The number of rotatable bonds is 6. The van der Waals surface area contributed by atoms with Crippen LogP contribution < -0.4 is 10.1 Å². The first-order valence-electron chi connectivity index (χ1n) is 6.33. The largest absolute Gasteiger partial charge is 0.497 e. The van der Waals surface area contributed by atoms with Gasteiger partial charge in [0.05, 0.1) is 7.11 Å². The molecule has 0 radical (unpaired) electrons. The quantitative estimate of drug-likeness (QED) is 0.841. The molecule has 2 rings (SSSR count). The number of thiophene rings is 1. The molecule has 0 saturated carbocycles. The van der Waals surface area contributed by atoms with Crippen LogP contribution in [0, 0.1) is 0 Å². The molecule has 1 aromatic heterocycles. The van der Waals surface area contributed by atoms with Gasteiger partial charge in [0.2, 0.25) is 0 Å². The van der Waals surface area contributed by atoms with Crippen molar-refractivity contribution in [3.8, 4) is 5.75 Å². The molecular formula is C15H18BrNOS. The molecule has 102 valence electrons. The summed E-state index contributed by atoms with van der Waals surface area (Å²) in [6.07, 6.45) is 0.951. The fourth-order valence-corrected chi connectivity index (χ4v) is 3.27. The summed E-state index contributed by atoms with van der Waals surface area (Å²) >= 11 is 5.42. The first-order chi connectivity index (χ1) is 9.24. The Bertz CT molecular complexity index is 513. The van der Waals surface area contributed by atoms with Crippen LogP contribution >= 0.6 is 27.3 Å². The van der Waals surface area contributed by atoms with Gasteiger partial charge in [-0.1, -0.05) is 28.9 Å². The third kappa shape index (κ3) is 3.81. The van der Waals surface area contributed by atoms with E-state index in [2.05, 4.69) is 51.7 Å². The lowest BCUT2D eigenvalue weighted by Gasteiger charge is -2.18. The predicted octanol–water partition coefficient (Wildman–Crippen LogP) is 4.41. The average molecular weight is 340 g/mol. The fourth-order valence-electron chi connectivity index (χ4n) is 2.06. The van der Waals surface area contributed by atoms with Gasteiger partial charge in [0.15, 0.2) is 0 Å². The van der Waals surface area contributed by atoms with Crippen LogP contribution in [-0.4, -0.2) is 13.7 Å². The summed E-state index contributed by atoms with van der Waals surface area (Å²) < 4.78 is 6.44. The monoisotopic (exact) mass is 339 g/mol. The van der Waals surface area contributed by atoms with E-state index < -0.39 is 0 Å². The Balaban J connectivity index is 2.21. The number of halogens is 1. The number of likely N-dealkylation sites (N-methyl/N-ethyl adjacent to an activating group) is 1. The molecule has 4 heteroatoms. The molecule has 1 atom stereocenters. The molecule has 0 aliphatic rings. The van der Waals surface area contributed by atoms with Gasteiger partial charge in [-0.15, -0.1) is 11.3 Å². The topological polar surface area (TPSA) is 21.3 Å². The van der Waals surface area contributed by atoms with Crippen molar-refractivity contribution in [3.05, 3.63) is 50.6 Å². The Morgan fingerprint density at radius 2 is 2.21 bits per heavy atom. The molecule has 0 fully saturated rings. The summed E-state index contributed by atoms with van der Waals surface area (Å²) in [5.74, 6) is 0.902. The number of hydrogen-bond donors (Lipinski definition) is 1. The van der Waals surface area contributed by atoms with Gasteiger partial charge < -0.3 is 10.1 Å².